The maximum absolute atomic E-state index is 11.6. The van der Waals surface area contributed by atoms with Crippen LogP contribution in [0.1, 0.15) is 13.3 Å². The number of nitrogens with two attached hydrogens (primary N) is 1. The summed E-state index contributed by atoms with van der Waals surface area (Å²) in [4.78, 5) is 15.6. The summed E-state index contributed by atoms with van der Waals surface area (Å²) in [6.07, 6.45) is 0.816. The van der Waals surface area contributed by atoms with Crippen molar-refractivity contribution in [2.24, 2.45) is 0 Å². The number of nitrogens with zero attached hydrogens (tertiary/aromatic N) is 3. The molecule has 0 aliphatic carbocycles. The molecular weight excluding hydrogens is 309 g/mol. The SMILES string of the molecule is CCCn1c(Sc2nc(N)c(Cl)cc2Cl)n[nH]c1=O. The number of nitrogen functional groups attached to an aromatic ring is 1. The molecule has 0 radical (unpaired) electrons. The van der Waals surface area contributed by atoms with Crippen molar-refractivity contribution in [3.63, 3.8) is 0 Å². The molecule has 6 nitrogen and oxygen atoms in total. The molecule has 102 valence electrons. The lowest BCUT2D eigenvalue weighted by Crippen LogP contribution is -2.17. The van der Waals surface area contributed by atoms with Crippen molar-refractivity contribution in [2.45, 2.75) is 30.1 Å². The van der Waals surface area contributed by atoms with Gasteiger partial charge in [-0.05, 0) is 24.2 Å². The summed E-state index contributed by atoms with van der Waals surface area (Å²) in [6.45, 7) is 2.54. The first-order valence-electron chi connectivity index (χ1n) is 5.47. The molecule has 0 aliphatic rings. The molecule has 3 N–H and O–H groups in total. The van der Waals surface area contributed by atoms with Gasteiger partial charge in [0.25, 0.3) is 0 Å². The van der Waals surface area contributed by atoms with Gasteiger partial charge < -0.3 is 5.73 Å². The lowest BCUT2D eigenvalue weighted by Gasteiger charge is -2.06. The number of hydrogen-bond donors (Lipinski definition) is 2. The number of rotatable bonds is 4. The van der Waals surface area contributed by atoms with Gasteiger partial charge in [-0.25, -0.2) is 14.9 Å². The van der Waals surface area contributed by atoms with Crippen molar-refractivity contribution >= 4 is 40.8 Å². The molecule has 0 saturated carbocycles. The molecule has 0 unspecified atom stereocenters. The maximum atomic E-state index is 11.6. The summed E-state index contributed by atoms with van der Waals surface area (Å²) in [5.74, 6) is 0.188. The molecular formula is C10H11Cl2N5OS. The fraction of sp³-hybridized carbons (Fsp3) is 0.300. The third-order valence-electron chi connectivity index (χ3n) is 2.28. The number of anilines is 1. The largest absolute Gasteiger partial charge is 0.382 e. The highest BCUT2D eigenvalue weighted by molar-refractivity contribution is 7.99. The standard InChI is InChI=1S/C10H11Cl2N5OS/c1-2-3-17-9(18)15-16-10(17)19-8-6(12)4-5(11)7(13)14-8/h4H,2-3H2,1H3,(H2,13,14)(H,15,18). The predicted octanol–water partition coefficient (Wildman–Crippen LogP) is 2.42. The van der Waals surface area contributed by atoms with Crippen LogP contribution in [0.25, 0.3) is 0 Å². The Kier molecular flexibility index (Phi) is 4.38. The molecule has 9 heteroatoms. The van der Waals surface area contributed by atoms with Gasteiger partial charge in [0.1, 0.15) is 10.8 Å². The summed E-state index contributed by atoms with van der Waals surface area (Å²) in [5, 5.41) is 7.94. The summed E-state index contributed by atoms with van der Waals surface area (Å²) < 4.78 is 1.52. The number of aromatic nitrogens is 4. The zero-order chi connectivity index (χ0) is 14.0. The Labute approximate surface area is 123 Å². The molecule has 2 heterocycles. The first kappa shape index (κ1) is 14.2. The zero-order valence-corrected chi connectivity index (χ0v) is 12.3. The van der Waals surface area contributed by atoms with E-state index in [-0.39, 0.29) is 11.5 Å². The fourth-order valence-electron chi connectivity index (χ4n) is 1.42. The molecule has 0 aromatic carbocycles. The van der Waals surface area contributed by atoms with Crippen LogP contribution in [0.2, 0.25) is 10.0 Å². The lowest BCUT2D eigenvalue weighted by molar-refractivity contribution is 0.603. The van der Waals surface area contributed by atoms with E-state index in [4.69, 9.17) is 28.9 Å². The third-order valence-corrected chi connectivity index (χ3v) is 3.98. The van der Waals surface area contributed by atoms with Crippen LogP contribution in [0.15, 0.2) is 21.0 Å². The summed E-state index contributed by atoms with van der Waals surface area (Å²) in [5.41, 5.74) is 5.37. The number of nitrogens with one attached hydrogen (secondary N) is 1. The number of halogens is 2. The van der Waals surface area contributed by atoms with E-state index in [1.54, 1.807) is 0 Å². The van der Waals surface area contributed by atoms with Crippen LogP contribution in [-0.2, 0) is 6.54 Å². The van der Waals surface area contributed by atoms with E-state index in [9.17, 15) is 4.79 Å². The summed E-state index contributed by atoms with van der Waals surface area (Å²) >= 11 is 13.0. The predicted molar refractivity (Wildman–Crippen MR) is 75.9 cm³/mol. The van der Waals surface area contributed by atoms with Gasteiger partial charge in [0.2, 0.25) is 0 Å². The highest BCUT2D eigenvalue weighted by Crippen LogP contribution is 2.33. The van der Waals surface area contributed by atoms with Crippen molar-refractivity contribution in [3.8, 4) is 0 Å². The van der Waals surface area contributed by atoms with Crippen LogP contribution < -0.4 is 11.4 Å². The summed E-state index contributed by atoms with van der Waals surface area (Å²) in [6, 6.07) is 1.52. The number of H-pyrrole nitrogens is 1. The topological polar surface area (TPSA) is 89.6 Å². The van der Waals surface area contributed by atoms with Gasteiger partial charge in [0, 0.05) is 6.54 Å². The van der Waals surface area contributed by atoms with Crippen LogP contribution in [0.4, 0.5) is 5.82 Å². The van der Waals surface area contributed by atoms with E-state index < -0.39 is 0 Å². The van der Waals surface area contributed by atoms with Gasteiger partial charge >= 0.3 is 5.69 Å². The Morgan fingerprint density at radius 3 is 2.89 bits per heavy atom. The highest BCUT2D eigenvalue weighted by atomic mass is 35.5. The molecule has 2 rings (SSSR count). The summed E-state index contributed by atoms with van der Waals surface area (Å²) in [7, 11) is 0. The Bertz CT molecular complexity index is 654. The Hall–Kier alpha value is -1.18. The van der Waals surface area contributed by atoms with Crippen LogP contribution >= 0.6 is 35.0 Å². The number of hydrogen-bond acceptors (Lipinski definition) is 5. The van der Waals surface area contributed by atoms with Crippen molar-refractivity contribution in [1.82, 2.24) is 19.7 Å². The first-order valence-corrected chi connectivity index (χ1v) is 7.04. The average Bonchev–Trinajstić information content (AvgIpc) is 2.69. The first-order chi connectivity index (χ1) is 9.02. The molecule has 2 aromatic rings. The minimum atomic E-state index is -0.262. The Morgan fingerprint density at radius 1 is 1.47 bits per heavy atom. The quantitative estimate of drug-likeness (QED) is 0.903. The lowest BCUT2D eigenvalue weighted by atomic mass is 10.5. The highest BCUT2D eigenvalue weighted by Gasteiger charge is 2.14. The second kappa shape index (κ2) is 5.85. The molecule has 0 aliphatic heterocycles. The van der Waals surface area contributed by atoms with Gasteiger partial charge in [0.05, 0.1) is 10.0 Å². The smallest absolute Gasteiger partial charge is 0.343 e. The third kappa shape index (κ3) is 3.05. The monoisotopic (exact) mass is 319 g/mol. The Morgan fingerprint density at radius 2 is 2.21 bits per heavy atom. The van der Waals surface area contributed by atoms with Crippen LogP contribution in [0.3, 0.4) is 0 Å². The van der Waals surface area contributed by atoms with Crippen LogP contribution in [0, 0.1) is 0 Å². The fourth-order valence-corrected chi connectivity index (χ4v) is 2.75. The average molecular weight is 320 g/mol. The van der Waals surface area contributed by atoms with Crippen LogP contribution in [-0.4, -0.2) is 19.7 Å². The van der Waals surface area contributed by atoms with Gasteiger partial charge in [-0.3, -0.25) is 4.57 Å². The van der Waals surface area contributed by atoms with Gasteiger partial charge in [-0.15, -0.1) is 5.10 Å². The van der Waals surface area contributed by atoms with Crippen molar-refractivity contribution in [3.05, 3.63) is 26.6 Å². The zero-order valence-electron chi connectivity index (χ0n) is 9.98. The minimum absolute atomic E-state index is 0.188. The van der Waals surface area contributed by atoms with Gasteiger partial charge in [0.15, 0.2) is 5.16 Å². The second-order valence-corrected chi connectivity index (χ2v) is 5.48. The number of pyridine rings is 1. The van der Waals surface area contributed by atoms with Crippen molar-refractivity contribution in [2.75, 3.05) is 5.73 Å². The van der Waals surface area contributed by atoms with Crippen molar-refractivity contribution in [1.29, 1.82) is 0 Å². The molecule has 0 saturated heterocycles. The Balaban J connectivity index is 2.36. The minimum Gasteiger partial charge on any atom is -0.382 e. The second-order valence-electron chi connectivity index (χ2n) is 3.71. The van der Waals surface area contributed by atoms with E-state index in [1.807, 2.05) is 6.92 Å². The molecule has 0 amide bonds. The number of aromatic amines is 1. The maximum Gasteiger partial charge on any atom is 0.343 e. The molecule has 19 heavy (non-hydrogen) atoms. The molecule has 2 aromatic heterocycles. The molecule has 0 fully saturated rings. The van der Waals surface area contributed by atoms with E-state index >= 15 is 0 Å². The van der Waals surface area contributed by atoms with E-state index in [2.05, 4.69) is 15.2 Å². The van der Waals surface area contributed by atoms with Crippen LogP contribution in [0.5, 0.6) is 0 Å². The van der Waals surface area contributed by atoms with Gasteiger partial charge in [-0.1, -0.05) is 30.1 Å². The van der Waals surface area contributed by atoms with E-state index in [0.717, 1.165) is 18.2 Å². The molecule has 0 bridgehead atoms. The molecule has 0 spiro atoms. The normalized spacial score (nSPS) is 10.9. The van der Waals surface area contributed by atoms with E-state index in [0.29, 0.717) is 26.8 Å². The van der Waals surface area contributed by atoms with Gasteiger partial charge in [-0.2, -0.15) is 0 Å². The van der Waals surface area contributed by atoms with E-state index in [1.165, 1.54) is 10.6 Å². The van der Waals surface area contributed by atoms with Crippen molar-refractivity contribution < 1.29 is 0 Å². The molecule has 0 atom stereocenters.